The van der Waals surface area contributed by atoms with E-state index in [-0.39, 0.29) is 43.1 Å². The summed E-state index contributed by atoms with van der Waals surface area (Å²) >= 11 is 0. The molecule has 0 aliphatic carbocycles. The number of rotatable bonds is 30. The predicted octanol–water partition coefficient (Wildman–Crippen LogP) is 8.55. The third kappa shape index (κ3) is 15.9. The molecule has 2 saturated heterocycles. The van der Waals surface area contributed by atoms with Crippen LogP contribution in [0.1, 0.15) is 92.7 Å². The Morgan fingerprint density at radius 1 is 0.861 bits per heavy atom. The van der Waals surface area contributed by atoms with E-state index in [4.69, 9.17) is 33.4 Å². The molecule has 2 aliphatic rings. The predicted molar refractivity (Wildman–Crippen MR) is 287 cm³/mol. The molecular weight excluding hydrogens is 1030 g/mol. The largest absolute Gasteiger partial charge is 0.475 e. The molecule has 6 aromatic heterocycles. The van der Waals surface area contributed by atoms with E-state index in [1.54, 1.807) is 25.3 Å². The van der Waals surface area contributed by atoms with Gasteiger partial charge in [-0.2, -0.15) is 27.8 Å². The van der Waals surface area contributed by atoms with Crippen LogP contribution in [0, 0.1) is 6.92 Å². The first-order valence-electron chi connectivity index (χ1n) is 26.9. The summed E-state index contributed by atoms with van der Waals surface area (Å²) in [4.78, 5) is 42.4. The molecule has 0 radical (unpaired) electrons. The van der Waals surface area contributed by atoms with Gasteiger partial charge < -0.3 is 49.1 Å². The van der Waals surface area contributed by atoms with Crippen LogP contribution >= 0.6 is 0 Å². The van der Waals surface area contributed by atoms with Crippen molar-refractivity contribution in [1.29, 1.82) is 0 Å². The monoisotopic (exact) mass is 1100 g/mol. The third-order valence-electron chi connectivity index (χ3n) is 13.6. The van der Waals surface area contributed by atoms with Gasteiger partial charge in [0.1, 0.15) is 48.6 Å². The van der Waals surface area contributed by atoms with E-state index < -0.39 is 36.2 Å². The lowest BCUT2D eigenvalue weighted by atomic mass is 9.99. The van der Waals surface area contributed by atoms with Crippen LogP contribution in [0.2, 0.25) is 0 Å². The molecule has 8 rings (SSSR count). The molecule has 2 fully saturated rings. The number of hydrogen-bond donors (Lipinski definition) is 3. The Morgan fingerprint density at radius 3 is 2.32 bits per heavy atom. The summed E-state index contributed by atoms with van der Waals surface area (Å²) in [5.41, 5.74) is 4.25. The molecule has 0 bridgehead atoms. The Bertz CT molecular complexity index is 2900. The zero-order valence-electron chi connectivity index (χ0n) is 45.1. The van der Waals surface area contributed by atoms with Crippen molar-refractivity contribution >= 4 is 35.1 Å². The molecule has 2 aliphatic heterocycles. The van der Waals surface area contributed by atoms with Crippen LogP contribution in [0.4, 0.5) is 45.8 Å². The summed E-state index contributed by atoms with van der Waals surface area (Å²) in [5, 5.41) is 21.0. The first-order chi connectivity index (χ1) is 38.3. The number of carbonyl (C=O) groups excluding carboxylic acids is 1. The number of aromatic nitrogens is 8. The number of hydrogen-bond acceptors (Lipinski definition) is 18. The second-order valence-corrected chi connectivity index (χ2v) is 19.3. The molecule has 4 atom stereocenters. The van der Waals surface area contributed by atoms with E-state index in [0.717, 1.165) is 78.0 Å². The lowest BCUT2D eigenvalue weighted by molar-refractivity contribution is -0.141. The number of carbonyl (C=O) groups is 1. The van der Waals surface area contributed by atoms with Gasteiger partial charge in [-0.3, -0.25) is 9.88 Å². The molecule has 20 nitrogen and oxygen atoms in total. The van der Waals surface area contributed by atoms with E-state index in [1.165, 1.54) is 25.4 Å². The molecule has 79 heavy (non-hydrogen) atoms. The molecule has 1 amide bonds. The van der Waals surface area contributed by atoms with Gasteiger partial charge in [-0.15, -0.1) is 0 Å². The lowest BCUT2D eigenvalue weighted by Crippen LogP contribution is -2.40. The number of ether oxygens (including phenoxy) is 6. The molecule has 0 unspecified atom stereocenters. The smallest absolute Gasteiger partial charge is 0.433 e. The molecule has 0 spiro atoms. The van der Waals surface area contributed by atoms with Crippen molar-refractivity contribution in [3.8, 4) is 17.0 Å². The van der Waals surface area contributed by atoms with Gasteiger partial charge in [0.15, 0.2) is 5.65 Å². The highest BCUT2D eigenvalue weighted by atomic mass is 19.4. The molecule has 24 heteroatoms. The number of aryl methyl sites for hydroxylation is 3. The van der Waals surface area contributed by atoms with Crippen LogP contribution in [0.3, 0.4) is 0 Å². The number of pyridine rings is 3. The second-order valence-electron chi connectivity index (χ2n) is 19.3. The first kappa shape index (κ1) is 58.3. The van der Waals surface area contributed by atoms with Gasteiger partial charge in [-0.25, -0.2) is 29.1 Å². The number of piperidine rings is 1. The number of nitrogens with zero attached hydrogens (tertiary/aromatic N) is 10. The molecule has 0 saturated carbocycles. The summed E-state index contributed by atoms with van der Waals surface area (Å²) in [6, 6.07) is 10.7. The standard InChI is InChI=1S/C55H70F4N12O8/c1-5-40-33-64-71-49(30-50(67-52(40)71)69-16-7-6-10-43(69)14-17-72)62-31-39-11-12-51(63-32-39)78-26-25-77-24-23-76-22-21-75-20-19-74-18-8-9-42-28-41(29-47(66-42)55(57,58)59)44-34-61-45(27-36(44)2)38(4)65-53-60-15-13-48(68-53)70-46(37(3)56)35-79-54(70)73/h11-13,15,27-30,32-34,37-38,43,46,62,72H,5-10,14,16-26,31,35H2,1-4H3,(H,60,65,68)/t37-,38-,43-,46+/m0/s1. The zero-order valence-corrected chi connectivity index (χ0v) is 45.1. The van der Waals surface area contributed by atoms with Crippen molar-refractivity contribution in [2.45, 2.75) is 110 Å². The number of alkyl halides is 4. The summed E-state index contributed by atoms with van der Waals surface area (Å²) in [6.07, 6.45) is 5.41. The first-order valence-corrected chi connectivity index (χ1v) is 26.9. The van der Waals surface area contributed by atoms with E-state index >= 15 is 0 Å². The van der Waals surface area contributed by atoms with Crippen molar-refractivity contribution in [2.24, 2.45) is 0 Å². The second kappa shape index (κ2) is 28.3. The maximum Gasteiger partial charge on any atom is 0.433 e. The molecular formula is C55H70F4N12O8. The van der Waals surface area contributed by atoms with Gasteiger partial charge in [0.05, 0.1) is 64.2 Å². The number of amides is 1. The fourth-order valence-corrected chi connectivity index (χ4v) is 9.38. The molecule has 6 aromatic rings. The van der Waals surface area contributed by atoms with Gasteiger partial charge in [0.25, 0.3) is 0 Å². The van der Waals surface area contributed by atoms with Crippen molar-refractivity contribution in [3.05, 3.63) is 101 Å². The molecule has 3 N–H and O–H groups in total. The fourth-order valence-electron chi connectivity index (χ4n) is 9.38. The number of fused-ring (bicyclic) bond motifs is 1. The van der Waals surface area contributed by atoms with Crippen LogP contribution in [0.25, 0.3) is 16.8 Å². The Labute approximate surface area is 456 Å². The van der Waals surface area contributed by atoms with Crippen LogP contribution < -0.4 is 25.2 Å². The number of nitrogens with one attached hydrogen (secondary N) is 2. The zero-order chi connectivity index (χ0) is 55.7. The van der Waals surface area contributed by atoms with E-state index in [2.05, 4.69) is 52.5 Å². The van der Waals surface area contributed by atoms with Crippen molar-refractivity contribution in [3.63, 3.8) is 0 Å². The van der Waals surface area contributed by atoms with E-state index in [0.29, 0.717) is 101 Å². The summed E-state index contributed by atoms with van der Waals surface area (Å²) in [5.74, 6) is 2.57. The maximum absolute atomic E-state index is 14.2. The highest BCUT2D eigenvalue weighted by Crippen LogP contribution is 2.34. The summed E-state index contributed by atoms with van der Waals surface area (Å²) in [6.45, 7) is 11.6. The number of anilines is 4. The van der Waals surface area contributed by atoms with Gasteiger partial charge in [0, 0.05) is 79.9 Å². The fraction of sp³-hybridized carbons (Fsp3) is 0.527. The molecule has 0 aromatic carbocycles. The Hall–Kier alpha value is -6.86. The average Bonchev–Trinajstić information content (AvgIpc) is 4.18. The Kier molecular flexibility index (Phi) is 20.9. The Morgan fingerprint density at radius 2 is 1.62 bits per heavy atom. The van der Waals surface area contributed by atoms with Crippen LogP contribution in [0.5, 0.6) is 5.88 Å². The lowest BCUT2D eigenvalue weighted by Gasteiger charge is -2.36. The minimum atomic E-state index is -4.66. The van der Waals surface area contributed by atoms with E-state index in [9.17, 15) is 27.5 Å². The van der Waals surface area contributed by atoms with Crippen LogP contribution in [0.15, 0.2) is 67.3 Å². The number of aliphatic hydroxyl groups is 1. The van der Waals surface area contributed by atoms with Crippen molar-refractivity contribution in [1.82, 2.24) is 39.5 Å². The minimum Gasteiger partial charge on any atom is -0.475 e. The number of cyclic esters (lactones) is 1. The summed E-state index contributed by atoms with van der Waals surface area (Å²) < 4.78 is 91.6. The van der Waals surface area contributed by atoms with Gasteiger partial charge in [0.2, 0.25) is 11.8 Å². The maximum atomic E-state index is 14.2. The molecule has 8 heterocycles. The number of halogens is 4. The Balaban J connectivity index is 0.681. The van der Waals surface area contributed by atoms with Gasteiger partial charge >= 0.3 is 12.3 Å². The van der Waals surface area contributed by atoms with Crippen molar-refractivity contribution < 1.29 is 55.9 Å². The van der Waals surface area contributed by atoms with Crippen LogP contribution in [-0.2, 0) is 49.2 Å². The van der Waals surface area contributed by atoms with Gasteiger partial charge in [-0.1, -0.05) is 13.0 Å². The highest BCUT2D eigenvalue weighted by Gasteiger charge is 2.39. The normalized spacial score (nSPS) is 16.6. The van der Waals surface area contributed by atoms with E-state index in [1.807, 2.05) is 35.8 Å². The third-order valence-corrected chi connectivity index (χ3v) is 13.6. The van der Waals surface area contributed by atoms with Crippen molar-refractivity contribution in [2.75, 3.05) is 99.7 Å². The number of aliphatic hydroxyl groups excluding tert-OH is 1. The molecule has 426 valence electrons. The topological polar surface area (TPSA) is 218 Å². The summed E-state index contributed by atoms with van der Waals surface area (Å²) in [7, 11) is 0. The SMILES string of the molecule is CCc1cnn2c(NCc3ccc(OCCOCCOCCOCCOCCCc4cc(-c5cnc([C@H](C)Nc6nccc(N7C(=O)OC[C@@H]7[C@H](C)F)n6)cc5C)cc(C(F)(F)F)n4)nc3)cc(N3CCCC[C@H]3CCO)nc12. The highest BCUT2D eigenvalue weighted by molar-refractivity contribution is 5.89. The quantitative estimate of drug-likeness (QED) is 0.0284. The minimum absolute atomic E-state index is 0.0979. The average molecular weight is 1100 g/mol. The van der Waals surface area contributed by atoms with Gasteiger partial charge in [-0.05, 0) is 107 Å². The van der Waals surface area contributed by atoms with Crippen LogP contribution in [-0.4, -0.2) is 148 Å².